The first-order valence-corrected chi connectivity index (χ1v) is 11.5. The number of rotatable bonds is 8. The van der Waals surface area contributed by atoms with Crippen LogP contribution in [0.3, 0.4) is 0 Å². The summed E-state index contributed by atoms with van der Waals surface area (Å²) in [6, 6.07) is 13.0. The number of benzene rings is 2. The van der Waals surface area contributed by atoms with Crippen LogP contribution in [-0.2, 0) is 27.9 Å². The van der Waals surface area contributed by atoms with Gasteiger partial charge in [-0.1, -0.05) is 31.2 Å². The van der Waals surface area contributed by atoms with Gasteiger partial charge in [0.25, 0.3) is 0 Å². The number of carbonyl (C=O) groups excluding carboxylic acids is 1. The Morgan fingerprint density at radius 1 is 1.14 bits per heavy atom. The number of carbonyl (C=O) groups is 1. The summed E-state index contributed by atoms with van der Waals surface area (Å²) in [6.45, 7) is 6.57. The van der Waals surface area contributed by atoms with E-state index in [0.717, 1.165) is 36.3 Å². The lowest BCUT2D eigenvalue weighted by Crippen LogP contribution is -2.26. The second-order valence-corrected chi connectivity index (χ2v) is 9.31. The summed E-state index contributed by atoms with van der Waals surface area (Å²) < 4.78 is 28.4. The van der Waals surface area contributed by atoms with Crippen molar-refractivity contribution in [3.8, 4) is 0 Å². The lowest BCUT2D eigenvalue weighted by atomic mass is 10.1. The van der Waals surface area contributed by atoms with Gasteiger partial charge < -0.3 is 9.80 Å². The molecule has 0 saturated carbocycles. The molecule has 29 heavy (non-hydrogen) atoms. The van der Waals surface area contributed by atoms with Crippen molar-refractivity contribution in [2.24, 2.45) is 0 Å². The fourth-order valence-corrected chi connectivity index (χ4v) is 4.78. The summed E-state index contributed by atoms with van der Waals surface area (Å²) in [5, 5.41) is 0. The molecule has 6 nitrogen and oxygen atoms in total. The summed E-state index contributed by atoms with van der Waals surface area (Å²) in [4.78, 5) is 16.1. The van der Waals surface area contributed by atoms with Crippen molar-refractivity contribution < 1.29 is 13.2 Å². The van der Waals surface area contributed by atoms with Crippen molar-refractivity contribution in [3.63, 3.8) is 0 Å². The third-order valence-corrected chi connectivity index (χ3v) is 6.84. The molecule has 0 bridgehead atoms. The van der Waals surface area contributed by atoms with Crippen molar-refractivity contribution in [2.75, 3.05) is 25.0 Å². The van der Waals surface area contributed by atoms with Gasteiger partial charge in [-0.3, -0.25) is 4.79 Å². The Labute approximate surface area is 173 Å². The van der Waals surface area contributed by atoms with Gasteiger partial charge in [0.05, 0.1) is 4.90 Å². The highest BCUT2D eigenvalue weighted by molar-refractivity contribution is 7.89. The smallest absolute Gasteiger partial charge is 0.241 e. The largest absolute Gasteiger partial charge is 0.312 e. The van der Waals surface area contributed by atoms with E-state index >= 15 is 0 Å². The van der Waals surface area contributed by atoms with Gasteiger partial charge in [0.1, 0.15) is 0 Å². The highest BCUT2D eigenvalue weighted by atomic mass is 32.2. The monoisotopic (exact) mass is 415 g/mol. The highest BCUT2D eigenvalue weighted by Gasteiger charge is 2.23. The molecule has 1 amide bonds. The van der Waals surface area contributed by atoms with Gasteiger partial charge in [-0.2, -0.15) is 0 Å². The maximum absolute atomic E-state index is 12.8. The van der Waals surface area contributed by atoms with Crippen LogP contribution in [-0.4, -0.2) is 39.4 Å². The summed E-state index contributed by atoms with van der Waals surface area (Å²) >= 11 is 0. The molecule has 7 heteroatoms. The molecule has 1 fully saturated rings. The van der Waals surface area contributed by atoms with Gasteiger partial charge in [-0.15, -0.1) is 0 Å². The molecule has 0 spiro atoms. The molecular weight excluding hydrogens is 386 g/mol. The molecule has 1 N–H and O–H groups in total. The molecule has 0 unspecified atom stereocenters. The third-order valence-electron chi connectivity index (χ3n) is 5.28. The van der Waals surface area contributed by atoms with Crippen LogP contribution in [0, 0.1) is 6.92 Å². The van der Waals surface area contributed by atoms with E-state index in [1.54, 1.807) is 30.0 Å². The summed E-state index contributed by atoms with van der Waals surface area (Å²) in [5.41, 5.74) is 3.47. The summed E-state index contributed by atoms with van der Waals surface area (Å²) in [7, 11) is -1.59. The fraction of sp³-hybridized carbons (Fsp3) is 0.409. The minimum absolute atomic E-state index is 0.0896. The van der Waals surface area contributed by atoms with E-state index in [4.69, 9.17) is 0 Å². The Bertz CT molecular complexity index is 989. The average molecular weight is 416 g/mol. The van der Waals surface area contributed by atoms with Gasteiger partial charge in [-0.05, 0) is 61.8 Å². The van der Waals surface area contributed by atoms with Crippen LogP contribution in [0.15, 0.2) is 47.4 Å². The van der Waals surface area contributed by atoms with Gasteiger partial charge in [0.15, 0.2) is 0 Å². The average Bonchev–Trinajstić information content (AvgIpc) is 3.12. The first kappa shape index (κ1) is 21.5. The van der Waals surface area contributed by atoms with Crippen molar-refractivity contribution in [1.29, 1.82) is 0 Å². The van der Waals surface area contributed by atoms with Crippen LogP contribution in [0.25, 0.3) is 0 Å². The summed E-state index contributed by atoms with van der Waals surface area (Å²) in [6.07, 6.45) is 1.39. The number of nitrogens with one attached hydrogen (secondary N) is 1. The first-order valence-electron chi connectivity index (χ1n) is 9.97. The normalized spacial score (nSPS) is 14.8. The molecule has 0 aliphatic carbocycles. The van der Waals surface area contributed by atoms with Crippen molar-refractivity contribution in [2.45, 2.75) is 44.7 Å². The zero-order chi connectivity index (χ0) is 21.0. The van der Waals surface area contributed by atoms with Crippen LogP contribution < -0.4 is 9.62 Å². The van der Waals surface area contributed by atoms with E-state index in [1.165, 1.54) is 0 Å². The first-order chi connectivity index (χ1) is 13.8. The molecule has 1 heterocycles. The Kier molecular flexibility index (Phi) is 6.72. The quantitative estimate of drug-likeness (QED) is 0.719. The lowest BCUT2D eigenvalue weighted by Gasteiger charge is -2.18. The molecule has 2 aromatic rings. The third kappa shape index (κ3) is 5.23. The number of amides is 1. The maximum atomic E-state index is 12.8. The molecular formula is C22H29N3O3S. The SMILES string of the molecule is CCN(C)Cc1cccc(CNS(=O)(=O)c2ccc(N3CCCC3=O)cc2C)c1. The standard InChI is InChI=1S/C22H29N3O3S/c1-4-24(3)16-19-8-5-7-18(14-19)15-23-29(27,28)21-11-10-20(13-17(21)2)25-12-6-9-22(25)26/h5,7-8,10-11,13-14,23H,4,6,9,12,15-16H2,1-3H3. The molecule has 0 atom stereocenters. The van der Waals surface area contributed by atoms with Gasteiger partial charge in [0, 0.05) is 31.7 Å². The Hall–Kier alpha value is -2.22. The van der Waals surface area contributed by atoms with Crippen LogP contribution in [0.1, 0.15) is 36.5 Å². The minimum Gasteiger partial charge on any atom is -0.312 e. The molecule has 1 saturated heterocycles. The van der Waals surface area contributed by atoms with E-state index in [-0.39, 0.29) is 17.3 Å². The topological polar surface area (TPSA) is 69.7 Å². The molecule has 1 aliphatic heterocycles. The lowest BCUT2D eigenvalue weighted by molar-refractivity contribution is -0.117. The summed E-state index contributed by atoms with van der Waals surface area (Å²) in [5.74, 6) is 0.0896. The number of sulfonamides is 1. The molecule has 156 valence electrons. The van der Waals surface area contributed by atoms with E-state index < -0.39 is 10.0 Å². The maximum Gasteiger partial charge on any atom is 0.241 e. The zero-order valence-electron chi connectivity index (χ0n) is 17.3. The number of anilines is 1. The van der Waals surface area contributed by atoms with E-state index in [2.05, 4.69) is 23.6 Å². The van der Waals surface area contributed by atoms with Crippen molar-refractivity contribution in [1.82, 2.24) is 9.62 Å². The molecule has 1 aliphatic rings. The van der Waals surface area contributed by atoms with E-state index in [9.17, 15) is 13.2 Å². The Morgan fingerprint density at radius 2 is 1.90 bits per heavy atom. The second kappa shape index (κ2) is 9.07. The van der Waals surface area contributed by atoms with E-state index in [1.807, 2.05) is 24.3 Å². The molecule has 2 aromatic carbocycles. The molecule has 0 aromatic heterocycles. The van der Waals surface area contributed by atoms with Crippen LogP contribution >= 0.6 is 0 Å². The van der Waals surface area contributed by atoms with Gasteiger partial charge >= 0.3 is 0 Å². The molecule has 3 rings (SSSR count). The number of aryl methyl sites for hydroxylation is 1. The highest BCUT2D eigenvalue weighted by Crippen LogP contribution is 2.26. The zero-order valence-corrected chi connectivity index (χ0v) is 18.1. The predicted octanol–water partition coefficient (Wildman–Crippen LogP) is 3.05. The number of nitrogens with zero attached hydrogens (tertiary/aromatic N) is 2. The second-order valence-electron chi connectivity index (χ2n) is 7.57. The minimum atomic E-state index is -3.65. The van der Waals surface area contributed by atoms with Crippen molar-refractivity contribution >= 4 is 21.6 Å². The Balaban J connectivity index is 1.71. The van der Waals surface area contributed by atoms with Crippen LogP contribution in [0.4, 0.5) is 5.69 Å². The van der Waals surface area contributed by atoms with Crippen LogP contribution in [0.2, 0.25) is 0 Å². The van der Waals surface area contributed by atoms with Gasteiger partial charge in [-0.25, -0.2) is 13.1 Å². The Morgan fingerprint density at radius 3 is 2.55 bits per heavy atom. The van der Waals surface area contributed by atoms with E-state index in [0.29, 0.717) is 18.5 Å². The van der Waals surface area contributed by atoms with Crippen molar-refractivity contribution in [3.05, 3.63) is 59.2 Å². The predicted molar refractivity (Wildman–Crippen MR) is 115 cm³/mol. The number of hydrogen-bond acceptors (Lipinski definition) is 4. The number of hydrogen-bond donors (Lipinski definition) is 1. The van der Waals surface area contributed by atoms with Crippen LogP contribution in [0.5, 0.6) is 0 Å². The molecule has 0 radical (unpaired) electrons. The van der Waals surface area contributed by atoms with Gasteiger partial charge in [0.2, 0.25) is 15.9 Å². The fourth-order valence-electron chi connectivity index (χ4n) is 3.54.